The maximum absolute atomic E-state index is 12.0. The van der Waals surface area contributed by atoms with Crippen molar-refractivity contribution >= 4 is 18.3 Å². The minimum Gasteiger partial charge on any atom is -0.341 e. The van der Waals surface area contributed by atoms with Gasteiger partial charge in [0.05, 0.1) is 0 Å². The summed E-state index contributed by atoms with van der Waals surface area (Å²) in [6, 6.07) is 0.209. The van der Waals surface area contributed by atoms with E-state index in [1.54, 1.807) is 0 Å². The van der Waals surface area contributed by atoms with Crippen LogP contribution in [0.2, 0.25) is 0 Å². The third-order valence-electron chi connectivity index (χ3n) is 3.22. The fourth-order valence-electron chi connectivity index (χ4n) is 2.31. The molecule has 2 saturated heterocycles. The monoisotopic (exact) mass is 233 g/mol. The Hall–Kier alpha value is -0.320. The number of likely N-dealkylation sites (tertiary alicyclic amines) is 1. The Labute approximate surface area is 97.0 Å². The number of hydrogen-bond donors (Lipinski definition) is 2. The molecule has 88 valence electrons. The van der Waals surface area contributed by atoms with Crippen LogP contribution in [0, 0.1) is 5.92 Å². The number of nitrogens with two attached hydrogens (primary N) is 1. The van der Waals surface area contributed by atoms with E-state index >= 15 is 0 Å². The minimum absolute atomic E-state index is 0. The summed E-state index contributed by atoms with van der Waals surface area (Å²) in [6.45, 7) is 3.60. The Morgan fingerprint density at radius 3 is 2.47 bits per heavy atom. The van der Waals surface area contributed by atoms with Gasteiger partial charge in [0, 0.05) is 25.0 Å². The Kier molecular flexibility index (Phi) is 4.83. The van der Waals surface area contributed by atoms with E-state index in [9.17, 15) is 4.79 Å². The first-order chi connectivity index (χ1) is 6.77. The van der Waals surface area contributed by atoms with Crippen LogP contribution in [0.3, 0.4) is 0 Å². The lowest BCUT2D eigenvalue weighted by Crippen LogP contribution is -2.40. The topological polar surface area (TPSA) is 58.4 Å². The van der Waals surface area contributed by atoms with Gasteiger partial charge in [-0.25, -0.2) is 0 Å². The molecule has 2 rings (SSSR count). The summed E-state index contributed by atoms with van der Waals surface area (Å²) in [6.07, 6.45) is 2.95. The highest BCUT2D eigenvalue weighted by Crippen LogP contribution is 2.18. The molecule has 2 aliphatic heterocycles. The van der Waals surface area contributed by atoms with Crippen LogP contribution in [0.25, 0.3) is 0 Å². The van der Waals surface area contributed by atoms with Crippen LogP contribution in [0.5, 0.6) is 0 Å². The summed E-state index contributed by atoms with van der Waals surface area (Å²) in [5, 5.41) is 3.27. The van der Waals surface area contributed by atoms with Crippen molar-refractivity contribution in [3.8, 4) is 0 Å². The van der Waals surface area contributed by atoms with Gasteiger partial charge >= 0.3 is 0 Å². The fourth-order valence-corrected chi connectivity index (χ4v) is 2.31. The van der Waals surface area contributed by atoms with Crippen LogP contribution < -0.4 is 11.1 Å². The van der Waals surface area contributed by atoms with Crippen molar-refractivity contribution in [3.05, 3.63) is 0 Å². The molecule has 2 heterocycles. The van der Waals surface area contributed by atoms with Crippen molar-refractivity contribution in [1.29, 1.82) is 0 Å². The van der Waals surface area contributed by atoms with Crippen molar-refractivity contribution in [1.82, 2.24) is 10.2 Å². The molecule has 1 amide bonds. The van der Waals surface area contributed by atoms with Crippen molar-refractivity contribution in [3.63, 3.8) is 0 Å². The van der Waals surface area contributed by atoms with E-state index in [0.717, 1.165) is 45.4 Å². The highest BCUT2D eigenvalue weighted by atomic mass is 35.5. The molecule has 0 aromatic rings. The van der Waals surface area contributed by atoms with E-state index < -0.39 is 0 Å². The summed E-state index contributed by atoms with van der Waals surface area (Å²) < 4.78 is 0. The van der Waals surface area contributed by atoms with Crippen molar-refractivity contribution in [2.75, 3.05) is 26.2 Å². The van der Waals surface area contributed by atoms with Gasteiger partial charge in [0.2, 0.25) is 5.91 Å². The van der Waals surface area contributed by atoms with Crippen LogP contribution >= 0.6 is 12.4 Å². The molecule has 5 heteroatoms. The van der Waals surface area contributed by atoms with Gasteiger partial charge in [-0.05, 0) is 32.4 Å². The lowest BCUT2D eigenvalue weighted by atomic mass is 9.97. The first-order valence-corrected chi connectivity index (χ1v) is 5.52. The van der Waals surface area contributed by atoms with Gasteiger partial charge in [-0.2, -0.15) is 0 Å². The molecular weight excluding hydrogens is 214 g/mol. The Bertz CT molecular complexity index is 212. The normalized spacial score (nSPS) is 27.5. The van der Waals surface area contributed by atoms with E-state index in [-0.39, 0.29) is 24.4 Å². The number of amides is 1. The first-order valence-electron chi connectivity index (χ1n) is 5.52. The average Bonchev–Trinajstić information content (AvgIpc) is 2.65. The van der Waals surface area contributed by atoms with Crippen molar-refractivity contribution in [2.24, 2.45) is 11.7 Å². The summed E-state index contributed by atoms with van der Waals surface area (Å²) in [4.78, 5) is 13.9. The van der Waals surface area contributed by atoms with E-state index in [4.69, 9.17) is 5.73 Å². The summed E-state index contributed by atoms with van der Waals surface area (Å²) in [5.74, 6) is 0.584. The van der Waals surface area contributed by atoms with Crippen molar-refractivity contribution in [2.45, 2.75) is 25.3 Å². The van der Waals surface area contributed by atoms with Gasteiger partial charge in [0.1, 0.15) is 0 Å². The SMILES string of the molecule is Cl.N[C@@H]1CCN(C(=O)C2CCNCC2)C1. The van der Waals surface area contributed by atoms with Gasteiger partial charge in [0.15, 0.2) is 0 Å². The van der Waals surface area contributed by atoms with Gasteiger partial charge in [-0.1, -0.05) is 0 Å². The van der Waals surface area contributed by atoms with Crippen LogP contribution in [-0.4, -0.2) is 43.0 Å². The smallest absolute Gasteiger partial charge is 0.225 e. The zero-order valence-corrected chi connectivity index (χ0v) is 9.76. The van der Waals surface area contributed by atoms with E-state index in [0.29, 0.717) is 5.91 Å². The summed E-state index contributed by atoms with van der Waals surface area (Å²) in [7, 11) is 0. The molecule has 0 saturated carbocycles. The van der Waals surface area contributed by atoms with E-state index in [1.165, 1.54) is 0 Å². The van der Waals surface area contributed by atoms with Gasteiger partial charge in [-0.3, -0.25) is 4.79 Å². The predicted octanol–water partition coefficient (Wildman–Crippen LogP) is -0.0326. The molecule has 0 radical (unpaired) electrons. The number of nitrogens with one attached hydrogen (secondary N) is 1. The summed E-state index contributed by atoms with van der Waals surface area (Å²) in [5.41, 5.74) is 5.79. The third kappa shape index (κ3) is 3.06. The summed E-state index contributed by atoms with van der Waals surface area (Å²) >= 11 is 0. The largest absolute Gasteiger partial charge is 0.341 e. The molecule has 2 aliphatic rings. The van der Waals surface area contributed by atoms with Gasteiger partial charge < -0.3 is 16.0 Å². The van der Waals surface area contributed by atoms with Crippen LogP contribution in [-0.2, 0) is 4.79 Å². The minimum atomic E-state index is 0. The first kappa shape index (κ1) is 12.7. The molecule has 3 N–H and O–H groups in total. The van der Waals surface area contributed by atoms with E-state index in [1.807, 2.05) is 4.90 Å². The number of carbonyl (C=O) groups excluding carboxylic acids is 1. The second kappa shape index (κ2) is 5.68. The van der Waals surface area contributed by atoms with E-state index in [2.05, 4.69) is 5.32 Å². The number of nitrogens with zero attached hydrogens (tertiary/aromatic N) is 1. The maximum Gasteiger partial charge on any atom is 0.225 e. The number of halogens is 1. The number of rotatable bonds is 1. The number of carbonyl (C=O) groups is 1. The molecule has 15 heavy (non-hydrogen) atoms. The Morgan fingerprint density at radius 2 is 1.93 bits per heavy atom. The lowest BCUT2D eigenvalue weighted by Gasteiger charge is -2.26. The molecule has 0 unspecified atom stereocenters. The quantitative estimate of drug-likeness (QED) is 0.669. The molecule has 0 aromatic carbocycles. The maximum atomic E-state index is 12.0. The Balaban J connectivity index is 0.00000112. The fraction of sp³-hybridized carbons (Fsp3) is 0.900. The standard InChI is InChI=1S/C10H19N3O.ClH/c11-9-3-6-13(7-9)10(14)8-1-4-12-5-2-8;/h8-9,12H,1-7,11H2;1H/t9-;/m1./s1. The molecule has 2 fully saturated rings. The second-order valence-electron chi connectivity index (χ2n) is 4.36. The van der Waals surface area contributed by atoms with Crippen LogP contribution in [0.1, 0.15) is 19.3 Å². The Morgan fingerprint density at radius 1 is 1.27 bits per heavy atom. The second-order valence-corrected chi connectivity index (χ2v) is 4.36. The molecule has 0 aliphatic carbocycles. The molecule has 0 bridgehead atoms. The van der Waals surface area contributed by atoms with Crippen LogP contribution in [0.15, 0.2) is 0 Å². The zero-order valence-electron chi connectivity index (χ0n) is 8.95. The molecule has 1 atom stereocenters. The molecule has 0 spiro atoms. The third-order valence-corrected chi connectivity index (χ3v) is 3.22. The van der Waals surface area contributed by atoms with Gasteiger partial charge in [-0.15, -0.1) is 12.4 Å². The zero-order chi connectivity index (χ0) is 9.97. The lowest BCUT2D eigenvalue weighted by molar-refractivity contribution is -0.135. The highest BCUT2D eigenvalue weighted by Gasteiger charge is 2.29. The molecule has 4 nitrogen and oxygen atoms in total. The predicted molar refractivity (Wildman–Crippen MR) is 62.0 cm³/mol. The molecule has 0 aromatic heterocycles. The molecular formula is C10H20ClN3O. The number of hydrogen-bond acceptors (Lipinski definition) is 3. The van der Waals surface area contributed by atoms with Gasteiger partial charge in [0.25, 0.3) is 0 Å². The van der Waals surface area contributed by atoms with Crippen LogP contribution in [0.4, 0.5) is 0 Å². The highest BCUT2D eigenvalue weighted by molar-refractivity contribution is 5.85. The van der Waals surface area contributed by atoms with Crippen molar-refractivity contribution < 1.29 is 4.79 Å². The average molecular weight is 234 g/mol. The number of piperidine rings is 1.